The third-order valence-corrected chi connectivity index (χ3v) is 5.20. The number of hydrogen-bond acceptors (Lipinski definition) is 3. The molecule has 3 rings (SSSR count). The minimum atomic E-state index is -0.102. The maximum absolute atomic E-state index is 12.6. The summed E-state index contributed by atoms with van der Waals surface area (Å²) in [5.41, 5.74) is 1.76. The third kappa shape index (κ3) is 4.40. The normalized spacial score (nSPS) is 16.3. The van der Waals surface area contributed by atoms with E-state index in [9.17, 15) is 4.79 Å². The van der Waals surface area contributed by atoms with Crippen LogP contribution in [0.4, 0.5) is 0 Å². The Morgan fingerprint density at radius 3 is 2.50 bits per heavy atom. The Morgan fingerprint density at radius 2 is 1.92 bits per heavy atom. The van der Waals surface area contributed by atoms with Crippen LogP contribution in [0.3, 0.4) is 0 Å². The van der Waals surface area contributed by atoms with Gasteiger partial charge in [0.25, 0.3) is 5.91 Å². The smallest absolute Gasteiger partial charge is 0.268 e. The van der Waals surface area contributed by atoms with Crippen molar-refractivity contribution in [2.75, 3.05) is 26.7 Å². The van der Waals surface area contributed by atoms with E-state index in [4.69, 9.17) is 16.3 Å². The number of halogens is 1. The van der Waals surface area contributed by atoms with Crippen LogP contribution in [0.25, 0.3) is 0 Å². The molecule has 5 nitrogen and oxygen atoms in total. The van der Waals surface area contributed by atoms with E-state index in [1.807, 2.05) is 19.2 Å². The predicted octanol–water partition coefficient (Wildman–Crippen LogP) is 3.64. The van der Waals surface area contributed by atoms with Gasteiger partial charge in [-0.05, 0) is 49.7 Å². The van der Waals surface area contributed by atoms with Crippen molar-refractivity contribution in [1.29, 1.82) is 0 Å². The van der Waals surface area contributed by atoms with E-state index in [1.165, 1.54) is 24.8 Å². The molecule has 0 bridgehead atoms. The number of carbonyl (C=O) groups is 1. The van der Waals surface area contributed by atoms with Gasteiger partial charge in [-0.25, -0.2) is 0 Å². The van der Waals surface area contributed by atoms with E-state index >= 15 is 0 Å². The lowest BCUT2D eigenvalue weighted by Crippen LogP contribution is -2.40. The lowest BCUT2D eigenvalue weighted by Gasteiger charge is -2.35. The molecule has 1 aromatic heterocycles. The molecule has 0 unspecified atom stereocenters. The Morgan fingerprint density at radius 1 is 1.23 bits per heavy atom. The summed E-state index contributed by atoms with van der Waals surface area (Å²) in [7, 11) is 3.49. The van der Waals surface area contributed by atoms with Crippen molar-refractivity contribution in [3.63, 3.8) is 0 Å². The number of likely N-dealkylation sites (tertiary alicyclic amines) is 1. The fourth-order valence-electron chi connectivity index (χ4n) is 3.54. The number of aromatic nitrogens is 1. The Kier molecular flexibility index (Phi) is 6.22. The molecule has 1 amide bonds. The van der Waals surface area contributed by atoms with Gasteiger partial charge in [0.1, 0.15) is 11.4 Å². The van der Waals surface area contributed by atoms with Crippen molar-refractivity contribution in [2.24, 2.45) is 7.05 Å². The van der Waals surface area contributed by atoms with Crippen LogP contribution in [0.5, 0.6) is 5.75 Å². The zero-order chi connectivity index (χ0) is 18.5. The number of methoxy groups -OCH3 is 1. The van der Waals surface area contributed by atoms with Crippen molar-refractivity contribution in [3.8, 4) is 5.75 Å². The number of carbonyl (C=O) groups excluding carboxylic acids is 1. The van der Waals surface area contributed by atoms with Gasteiger partial charge in [-0.15, -0.1) is 0 Å². The third-order valence-electron chi connectivity index (χ3n) is 4.99. The van der Waals surface area contributed by atoms with Gasteiger partial charge in [-0.3, -0.25) is 9.69 Å². The molecule has 0 saturated carbocycles. The second-order valence-corrected chi connectivity index (χ2v) is 7.19. The molecular formula is C20H26ClN3O2. The van der Waals surface area contributed by atoms with Gasteiger partial charge in [0.05, 0.1) is 18.2 Å². The van der Waals surface area contributed by atoms with E-state index in [-0.39, 0.29) is 11.9 Å². The second kappa shape index (κ2) is 8.60. The molecule has 0 aliphatic carbocycles. The number of aryl methyl sites for hydroxylation is 1. The van der Waals surface area contributed by atoms with Crippen molar-refractivity contribution in [2.45, 2.75) is 25.3 Å². The maximum atomic E-state index is 12.6. The standard InChI is InChI=1S/C20H26ClN3O2/c1-23-14-16(21)12-18(23)20(25)22-13-19(24-10-4-3-5-11-24)15-6-8-17(26-2)9-7-15/h6-9,12,14,19H,3-5,10-11,13H2,1-2H3,(H,22,25)/t19-/m1/s1. The van der Waals surface area contributed by atoms with Gasteiger partial charge in [0.2, 0.25) is 0 Å². The van der Waals surface area contributed by atoms with E-state index in [1.54, 1.807) is 23.9 Å². The summed E-state index contributed by atoms with van der Waals surface area (Å²) in [5, 5.41) is 3.66. The van der Waals surface area contributed by atoms with Crippen LogP contribution in [0.2, 0.25) is 5.02 Å². The molecule has 6 heteroatoms. The van der Waals surface area contributed by atoms with Gasteiger partial charge in [-0.2, -0.15) is 0 Å². The number of rotatable bonds is 6. The number of hydrogen-bond donors (Lipinski definition) is 1. The van der Waals surface area contributed by atoms with Crippen LogP contribution in [0.1, 0.15) is 41.4 Å². The molecule has 1 atom stereocenters. The molecule has 1 saturated heterocycles. The number of amides is 1. The summed E-state index contributed by atoms with van der Waals surface area (Å²) in [6, 6.07) is 9.98. The van der Waals surface area contributed by atoms with Gasteiger partial charge in [0.15, 0.2) is 0 Å². The van der Waals surface area contributed by atoms with Crippen molar-refractivity contribution < 1.29 is 9.53 Å². The summed E-state index contributed by atoms with van der Waals surface area (Å²) < 4.78 is 7.02. The predicted molar refractivity (Wildman–Crippen MR) is 104 cm³/mol. The minimum Gasteiger partial charge on any atom is -0.497 e. The van der Waals surface area contributed by atoms with Crippen LogP contribution in [0, 0.1) is 0 Å². The molecule has 1 N–H and O–H groups in total. The molecule has 0 radical (unpaired) electrons. The topological polar surface area (TPSA) is 46.5 Å². The lowest BCUT2D eigenvalue weighted by molar-refractivity contribution is 0.0916. The Bertz CT molecular complexity index is 736. The first-order chi connectivity index (χ1) is 12.6. The molecule has 1 aliphatic heterocycles. The summed E-state index contributed by atoms with van der Waals surface area (Å²) in [5.74, 6) is 0.739. The van der Waals surface area contributed by atoms with Gasteiger partial charge in [0, 0.05) is 19.8 Å². The average Bonchev–Trinajstić information content (AvgIpc) is 3.01. The van der Waals surface area contributed by atoms with Gasteiger partial charge in [-0.1, -0.05) is 30.2 Å². The van der Waals surface area contributed by atoms with Crippen LogP contribution in [-0.4, -0.2) is 42.1 Å². The minimum absolute atomic E-state index is 0.102. The number of piperidine rings is 1. The van der Waals surface area contributed by atoms with Crippen LogP contribution < -0.4 is 10.1 Å². The highest BCUT2D eigenvalue weighted by Gasteiger charge is 2.23. The largest absolute Gasteiger partial charge is 0.497 e. The first-order valence-corrected chi connectivity index (χ1v) is 9.44. The number of nitrogens with one attached hydrogen (secondary N) is 1. The second-order valence-electron chi connectivity index (χ2n) is 6.75. The summed E-state index contributed by atoms with van der Waals surface area (Å²) in [4.78, 5) is 15.0. The highest BCUT2D eigenvalue weighted by molar-refractivity contribution is 6.31. The maximum Gasteiger partial charge on any atom is 0.268 e. The molecule has 2 aromatic rings. The van der Waals surface area contributed by atoms with Crippen LogP contribution >= 0.6 is 11.6 Å². The first kappa shape index (κ1) is 18.8. The first-order valence-electron chi connectivity index (χ1n) is 9.06. The van der Waals surface area contributed by atoms with E-state index in [0.717, 1.165) is 18.8 Å². The monoisotopic (exact) mass is 375 g/mol. The highest BCUT2D eigenvalue weighted by atomic mass is 35.5. The highest BCUT2D eigenvalue weighted by Crippen LogP contribution is 2.26. The quantitative estimate of drug-likeness (QED) is 0.838. The fraction of sp³-hybridized carbons (Fsp3) is 0.450. The molecule has 2 heterocycles. The van der Waals surface area contributed by atoms with E-state index < -0.39 is 0 Å². The molecule has 140 valence electrons. The van der Waals surface area contributed by atoms with Crippen LogP contribution in [0.15, 0.2) is 36.5 Å². The van der Waals surface area contributed by atoms with E-state index in [0.29, 0.717) is 17.3 Å². The van der Waals surface area contributed by atoms with Gasteiger partial charge >= 0.3 is 0 Å². The van der Waals surface area contributed by atoms with E-state index in [2.05, 4.69) is 22.3 Å². The van der Waals surface area contributed by atoms with Gasteiger partial charge < -0.3 is 14.6 Å². The lowest BCUT2D eigenvalue weighted by atomic mass is 10.0. The number of ether oxygens (including phenoxy) is 1. The van der Waals surface area contributed by atoms with Crippen molar-refractivity contribution in [3.05, 3.63) is 52.8 Å². The Hall–Kier alpha value is -1.98. The van der Waals surface area contributed by atoms with Crippen molar-refractivity contribution >= 4 is 17.5 Å². The summed E-state index contributed by atoms with van der Waals surface area (Å²) >= 11 is 6.00. The zero-order valence-corrected chi connectivity index (χ0v) is 16.1. The Balaban J connectivity index is 1.74. The molecular weight excluding hydrogens is 350 g/mol. The summed E-state index contributed by atoms with van der Waals surface area (Å²) in [6.45, 7) is 2.68. The number of nitrogens with zero attached hydrogens (tertiary/aromatic N) is 2. The SMILES string of the molecule is COc1ccc([C@@H](CNC(=O)c2cc(Cl)cn2C)N2CCCCC2)cc1. The van der Waals surface area contributed by atoms with Crippen molar-refractivity contribution in [1.82, 2.24) is 14.8 Å². The average molecular weight is 376 g/mol. The Labute approximate surface area is 159 Å². The molecule has 26 heavy (non-hydrogen) atoms. The molecule has 0 spiro atoms. The molecule has 1 fully saturated rings. The summed E-state index contributed by atoms with van der Waals surface area (Å²) in [6.07, 6.45) is 5.42. The number of benzene rings is 1. The molecule has 1 aliphatic rings. The molecule has 1 aromatic carbocycles. The zero-order valence-electron chi connectivity index (χ0n) is 15.4. The van der Waals surface area contributed by atoms with Crippen LogP contribution in [-0.2, 0) is 7.05 Å². The fourth-order valence-corrected chi connectivity index (χ4v) is 3.79.